The van der Waals surface area contributed by atoms with Crippen LogP contribution in [0.25, 0.3) is 0 Å². The van der Waals surface area contributed by atoms with Crippen molar-refractivity contribution in [2.75, 3.05) is 26.7 Å². The van der Waals surface area contributed by atoms with Gasteiger partial charge in [-0.05, 0) is 25.9 Å². The molecular weight excluding hydrogens is 166 g/mol. The van der Waals surface area contributed by atoms with E-state index in [1.54, 1.807) is 0 Å². The molecule has 1 rings (SSSR count). The molecule has 0 bridgehead atoms. The summed E-state index contributed by atoms with van der Waals surface area (Å²) in [5.41, 5.74) is 0. The van der Waals surface area contributed by atoms with Gasteiger partial charge in [0.2, 0.25) is 0 Å². The molecule has 1 fully saturated rings. The standard InChI is InChI=1S/C10H19NO2/c1-13-10(12)9-11-7-5-3-2-4-6-8-11/h2-9H2,1H3. The van der Waals surface area contributed by atoms with E-state index in [-0.39, 0.29) is 5.97 Å². The predicted octanol–water partition coefficient (Wildman–Crippen LogP) is 1.43. The fraction of sp³-hybridized carbons (Fsp3) is 0.900. The molecule has 0 unspecified atom stereocenters. The molecule has 3 heteroatoms. The van der Waals surface area contributed by atoms with Gasteiger partial charge < -0.3 is 4.74 Å². The number of likely N-dealkylation sites (tertiary alicyclic amines) is 1. The molecule has 1 aliphatic heterocycles. The van der Waals surface area contributed by atoms with E-state index in [1.807, 2.05) is 0 Å². The van der Waals surface area contributed by atoms with Crippen LogP contribution >= 0.6 is 0 Å². The third kappa shape index (κ3) is 4.27. The summed E-state index contributed by atoms with van der Waals surface area (Å²) in [5.74, 6) is -0.111. The molecule has 76 valence electrons. The number of rotatable bonds is 2. The maximum absolute atomic E-state index is 11.0. The largest absolute Gasteiger partial charge is 0.468 e. The SMILES string of the molecule is COC(=O)CN1CCCCCCC1. The lowest BCUT2D eigenvalue weighted by atomic mass is 10.1. The maximum Gasteiger partial charge on any atom is 0.319 e. The van der Waals surface area contributed by atoms with Crippen molar-refractivity contribution in [3.63, 3.8) is 0 Å². The molecule has 0 aliphatic carbocycles. The maximum atomic E-state index is 11.0. The lowest BCUT2D eigenvalue weighted by Gasteiger charge is -2.22. The zero-order valence-corrected chi connectivity index (χ0v) is 8.42. The Morgan fingerprint density at radius 1 is 1.15 bits per heavy atom. The second-order valence-electron chi connectivity index (χ2n) is 3.62. The van der Waals surface area contributed by atoms with Crippen LogP contribution < -0.4 is 0 Å². The average molecular weight is 185 g/mol. The van der Waals surface area contributed by atoms with E-state index >= 15 is 0 Å². The second-order valence-corrected chi connectivity index (χ2v) is 3.62. The molecule has 1 aliphatic rings. The Morgan fingerprint density at radius 2 is 1.69 bits per heavy atom. The van der Waals surface area contributed by atoms with E-state index in [4.69, 9.17) is 0 Å². The molecule has 0 aromatic rings. The molecule has 3 nitrogen and oxygen atoms in total. The third-order valence-corrected chi connectivity index (χ3v) is 2.53. The highest BCUT2D eigenvalue weighted by molar-refractivity contribution is 5.71. The number of ether oxygens (including phenoxy) is 1. The Hall–Kier alpha value is -0.570. The fourth-order valence-electron chi connectivity index (χ4n) is 1.72. The van der Waals surface area contributed by atoms with Gasteiger partial charge in [0.25, 0.3) is 0 Å². The summed E-state index contributed by atoms with van der Waals surface area (Å²) in [6, 6.07) is 0. The van der Waals surface area contributed by atoms with Crippen LogP contribution in [0, 0.1) is 0 Å². The van der Waals surface area contributed by atoms with Gasteiger partial charge in [-0.2, -0.15) is 0 Å². The summed E-state index contributed by atoms with van der Waals surface area (Å²) < 4.78 is 4.64. The molecule has 0 spiro atoms. The van der Waals surface area contributed by atoms with Crippen LogP contribution in [0.5, 0.6) is 0 Å². The van der Waals surface area contributed by atoms with Gasteiger partial charge in [-0.25, -0.2) is 0 Å². The molecular formula is C10H19NO2. The number of carbonyl (C=O) groups is 1. The van der Waals surface area contributed by atoms with Crippen LogP contribution in [0.1, 0.15) is 32.1 Å². The van der Waals surface area contributed by atoms with Crippen molar-refractivity contribution in [3.05, 3.63) is 0 Å². The van der Waals surface area contributed by atoms with E-state index in [1.165, 1.54) is 39.2 Å². The van der Waals surface area contributed by atoms with E-state index in [0.29, 0.717) is 6.54 Å². The van der Waals surface area contributed by atoms with E-state index in [2.05, 4.69) is 9.64 Å². The summed E-state index contributed by atoms with van der Waals surface area (Å²) in [7, 11) is 1.45. The van der Waals surface area contributed by atoms with Gasteiger partial charge in [0, 0.05) is 0 Å². The summed E-state index contributed by atoms with van der Waals surface area (Å²) in [4.78, 5) is 13.2. The first-order valence-corrected chi connectivity index (χ1v) is 5.12. The first-order chi connectivity index (χ1) is 6.33. The number of esters is 1. The third-order valence-electron chi connectivity index (χ3n) is 2.53. The number of hydrogen-bond acceptors (Lipinski definition) is 3. The van der Waals surface area contributed by atoms with Crippen LogP contribution in [0.3, 0.4) is 0 Å². The number of methoxy groups -OCH3 is 1. The van der Waals surface area contributed by atoms with Gasteiger partial charge >= 0.3 is 5.97 Å². The van der Waals surface area contributed by atoms with Crippen LogP contribution in [-0.2, 0) is 9.53 Å². The second kappa shape index (κ2) is 5.97. The van der Waals surface area contributed by atoms with Crippen LogP contribution in [0.15, 0.2) is 0 Å². The Morgan fingerprint density at radius 3 is 2.23 bits per heavy atom. The molecule has 0 saturated carbocycles. The minimum absolute atomic E-state index is 0.111. The summed E-state index contributed by atoms with van der Waals surface area (Å²) in [6.45, 7) is 2.57. The molecule has 0 aromatic carbocycles. The van der Waals surface area contributed by atoms with Gasteiger partial charge in [0.15, 0.2) is 0 Å². The van der Waals surface area contributed by atoms with E-state index in [9.17, 15) is 4.79 Å². The molecule has 1 heterocycles. The highest BCUT2D eigenvalue weighted by Crippen LogP contribution is 2.09. The number of nitrogens with zero attached hydrogens (tertiary/aromatic N) is 1. The lowest BCUT2D eigenvalue weighted by molar-refractivity contribution is -0.142. The van der Waals surface area contributed by atoms with Crippen molar-refractivity contribution in [1.29, 1.82) is 0 Å². The van der Waals surface area contributed by atoms with Crippen molar-refractivity contribution >= 4 is 5.97 Å². The van der Waals surface area contributed by atoms with Gasteiger partial charge in [-0.1, -0.05) is 19.3 Å². The minimum atomic E-state index is -0.111. The quantitative estimate of drug-likeness (QED) is 0.609. The number of carbonyl (C=O) groups excluding carboxylic acids is 1. The first-order valence-electron chi connectivity index (χ1n) is 5.12. The van der Waals surface area contributed by atoms with Gasteiger partial charge in [0.1, 0.15) is 0 Å². The Bertz CT molecular complexity index is 151. The zero-order valence-electron chi connectivity index (χ0n) is 8.42. The van der Waals surface area contributed by atoms with Crippen molar-refractivity contribution in [3.8, 4) is 0 Å². The van der Waals surface area contributed by atoms with Gasteiger partial charge in [-0.3, -0.25) is 9.69 Å². The fourth-order valence-corrected chi connectivity index (χ4v) is 1.72. The Labute approximate surface area is 80.1 Å². The molecule has 13 heavy (non-hydrogen) atoms. The highest BCUT2D eigenvalue weighted by atomic mass is 16.5. The van der Waals surface area contributed by atoms with E-state index < -0.39 is 0 Å². The summed E-state index contributed by atoms with van der Waals surface area (Å²) in [6.07, 6.45) is 6.40. The van der Waals surface area contributed by atoms with Crippen LogP contribution in [0.4, 0.5) is 0 Å². The van der Waals surface area contributed by atoms with Gasteiger partial charge in [-0.15, -0.1) is 0 Å². The molecule has 0 aromatic heterocycles. The van der Waals surface area contributed by atoms with E-state index in [0.717, 1.165) is 13.1 Å². The average Bonchev–Trinajstić information content (AvgIpc) is 2.09. The van der Waals surface area contributed by atoms with Crippen molar-refractivity contribution in [1.82, 2.24) is 4.90 Å². The van der Waals surface area contributed by atoms with Crippen LogP contribution in [0.2, 0.25) is 0 Å². The van der Waals surface area contributed by atoms with Crippen LogP contribution in [-0.4, -0.2) is 37.6 Å². The molecule has 0 amide bonds. The van der Waals surface area contributed by atoms with Gasteiger partial charge in [0.05, 0.1) is 13.7 Å². The summed E-state index contributed by atoms with van der Waals surface area (Å²) >= 11 is 0. The normalized spacial score (nSPS) is 20.4. The van der Waals surface area contributed by atoms with Crippen molar-refractivity contribution < 1.29 is 9.53 Å². The number of hydrogen-bond donors (Lipinski definition) is 0. The summed E-state index contributed by atoms with van der Waals surface area (Å²) in [5, 5.41) is 0. The van der Waals surface area contributed by atoms with Crippen molar-refractivity contribution in [2.24, 2.45) is 0 Å². The first kappa shape index (κ1) is 10.5. The molecule has 0 radical (unpaired) electrons. The zero-order chi connectivity index (χ0) is 9.52. The molecule has 0 N–H and O–H groups in total. The topological polar surface area (TPSA) is 29.5 Å². The van der Waals surface area contributed by atoms with Crippen molar-refractivity contribution in [2.45, 2.75) is 32.1 Å². The Balaban J connectivity index is 2.25. The predicted molar refractivity (Wildman–Crippen MR) is 51.5 cm³/mol. The molecule has 1 saturated heterocycles. The Kier molecular flexibility index (Phi) is 4.83. The minimum Gasteiger partial charge on any atom is -0.468 e. The highest BCUT2D eigenvalue weighted by Gasteiger charge is 2.11. The monoisotopic (exact) mass is 185 g/mol. The smallest absolute Gasteiger partial charge is 0.319 e. The lowest BCUT2D eigenvalue weighted by Crippen LogP contribution is -2.33. The molecule has 0 atom stereocenters.